The highest BCUT2D eigenvalue weighted by atomic mass is 32.2. The number of nitrogens with zero attached hydrogens (tertiary/aromatic N) is 1. The van der Waals surface area contributed by atoms with Crippen molar-refractivity contribution in [2.75, 3.05) is 6.54 Å². The van der Waals surface area contributed by atoms with Gasteiger partial charge in [0.15, 0.2) is 0 Å². The van der Waals surface area contributed by atoms with Crippen molar-refractivity contribution in [2.45, 2.75) is 37.1 Å². The summed E-state index contributed by atoms with van der Waals surface area (Å²) >= 11 is 0. The summed E-state index contributed by atoms with van der Waals surface area (Å²) in [4.78, 5) is 9.10. The van der Waals surface area contributed by atoms with Gasteiger partial charge in [-0.25, -0.2) is 17.5 Å². The molecule has 0 fully saturated rings. The van der Waals surface area contributed by atoms with Gasteiger partial charge in [0, 0.05) is 24.2 Å². The molecule has 0 saturated carbocycles. The van der Waals surface area contributed by atoms with Crippen molar-refractivity contribution < 1.29 is 17.7 Å². The van der Waals surface area contributed by atoms with Crippen LogP contribution in [0, 0.1) is 15.9 Å². The Bertz CT molecular complexity index is 629. The van der Waals surface area contributed by atoms with Gasteiger partial charge in [-0.3, -0.25) is 10.1 Å². The zero-order valence-corrected chi connectivity index (χ0v) is 12.6. The molecule has 0 spiro atoms. The molecule has 21 heavy (non-hydrogen) atoms. The van der Waals surface area contributed by atoms with Gasteiger partial charge in [-0.2, -0.15) is 0 Å². The van der Waals surface area contributed by atoms with Gasteiger partial charge in [-0.15, -0.1) is 0 Å². The third kappa shape index (κ3) is 4.19. The number of hydrogen-bond acceptors (Lipinski definition) is 5. The van der Waals surface area contributed by atoms with E-state index in [1.807, 2.05) is 13.8 Å². The molecule has 0 radical (unpaired) electrons. The monoisotopic (exact) mass is 319 g/mol. The Labute approximate surface area is 122 Å². The van der Waals surface area contributed by atoms with E-state index in [-0.39, 0.29) is 6.54 Å². The summed E-state index contributed by atoms with van der Waals surface area (Å²) in [6, 6.07) is 2.34. The minimum Gasteiger partial charge on any atom is -0.324 e. The first-order valence-electron chi connectivity index (χ1n) is 6.37. The van der Waals surface area contributed by atoms with Crippen molar-refractivity contribution in [3.63, 3.8) is 0 Å². The zero-order valence-electron chi connectivity index (χ0n) is 11.8. The third-order valence-electron chi connectivity index (χ3n) is 3.44. The maximum Gasteiger partial charge on any atom is 0.270 e. The Hall–Kier alpha value is -1.58. The number of rotatable bonds is 7. The summed E-state index contributed by atoms with van der Waals surface area (Å²) in [5.74, 6) is -1.05. The number of benzene rings is 1. The summed E-state index contributed by atoms with van der Waals surface area (Å²) in [7, 11) is -4.21. The number of non-ortho nitro benzene ring substituents is 1. The van der Waals surface area contributed by atoms with Crippen molar-refractivity contribution in [1.82, 2.24) is 4.72 Å². The van der Waals surface area contributed by atoms with Gasteiger partial charge in [-0.1, -0.05) is 13.8 Å². The maximum atomic E-state index is 13.6. The van der Waals surface area contributed by atoms with E-state index in [1.165, 1.54) is 0 Å². The van der Waals surface area contributed by atoms with Crippen molar-refractivity contribution in [3.05, 3.63) is 34.1 Å². The van der Waals surface area contributed by atoms with E-state index >= 15 is 0 Å². The minimum atomic E-state index is -4.21. The van der Waals surface area contributed by atoms with Gasteiger partial charge in [-0.05, 0) is 18.9 Å². The standard InChI is InChI=1S/C12H18FN3O4S/c1-3-12(14,4-2)8-15-21(19,20)11-7-9(16(17)18)5-6-10(11)13/h5-7,15H,3-4,8,14H2,1-2H3. The van der Waals surface area contributed by atoms with Crippen LogP contribution in [0.25, 0.3) is 0 Å². The molecule has 0 aliphatic carbocycles. The number of halogens is 1. The number of nitro groups is 1. The Kier molecular flexibility index (Phi) is 5.37. The molecule has 118 valence electrons. The lowest BCUT2D eigenvalue weighted by molar-refractivity contribution is -0.385. The molecular formula is C12H18FN3O4S. The van der Waals surface area contributed by atoms with E-state index in [2.05, 4.69) is 4.72 Å². The van der Waals surface area contributed by atoms with Gasteiger partial charge in [0.05, 0.1) is 4.92 Å². The molecule has 0 bridgehead atoms. The molecule has 0 saturated heterocycles. The van der Waals surface area contributed by atoms with Crippen molar-refractivity contribution >= 4 is 15.7 Å². The molecule has 1 aromatic carbocycles. The van der Waals surface area contributed by atoms with Crippen LogP contribution >= 0.6 is 0 Å². The smallest absolute Gasteiger partial charge is 0.270 e. The van der Waals surface area contributed by atoms with Crippen LogP contribution in [0.5, 0.6) is 0 Å². The van der Waals surface area contributed by atoms with Crippen LogP contribution in [0.15, 0.2) is 23.1 Å². The van der Waals surface area contributed by atoms with Gasteiger partial charge >= 0.3 is 0 Å². The Morgan fingerprint density at radius 3 is 2.43 bits per heavy atom. The second-order valence-electron chi connectivity index (χ2n) is 4.77. The van der Waals surface area contributed by atoms with E-state index in [0.29, 0.717) is 18.9 Å². The second kappa shape index (κ2) is 6.46. The lowest BCUT2D eigenvalue weighted by Gasteiger charge is -2.26. The number of nitro benzene ring substituents is 1. The van der Waals surface area contributed by atoms with Gasteiger partial charge < -0.3 is 5.73 Å². The average molecular weight is 319 g/mol. The fourth-order valence-electron chi connectivity index (χ4n) is 1.63. The zero-order chi connectivity index (χ0) is 16.3. The van der Waals surface area contributed by atoms with E-state index in [1.54, 1.807) is 0 Å². The topological polar surface area (TPSA) is 115 Å². The maximum absolute atomic E-state index is 13.6. The van der Waals surface area contributed by atoms with Crippen LogP contribution < -0.4 is 10.5 Å². The first-order chi connectivity index (χ1) is 9.65. The average Bonchev–Trinajstić information content (AvgIpc) is 2.45. The molecule has 0 amide bonds. The van der Waals surface area contributed by atoms with Crippen LogP contribution in [-0.4, -0.2) is 25.4 Å². The molecule has 0 aliphatic heterocycles. The van der Waals surface area contributed by atoms with Crippen molar-refractivity contribution in [2.24, 2.45) is 5.73 Å². The number of nitrogens with one attached hydrogen (secondary N) is 1. The minimum absolute atomic E-state index is 0.0789. The van der Waals surface area contributed by atoms with Crippen LogP contribution in [0.2, 0.25) is 0 Å². The van der Waals surface area contributed by atoms with Crippen LogP contribution in [0.1, 0.15) is 26.7 Å². The summed E-state index contributed by atoms with van der Waals surface area (Å²) < 4.78 is 40.0. The number of sulfonamides is 1. The summed E-state index contributed by atoms with van der Waals surface area (Å²) in [5.41, 5.74) is 4.72. The molecule has 9 heteroatoms. The van der Waals surface area contributed by atoms with E-state index < -0.39 is 36.9 Å². The Morgan fingerprint density at radius 2 is 1.95 bits per heavy atom. The molecule has 0 unspecified atom stereocenters. The summed E-state index contributed by atoms with van der Waals surface area (Å²) in [6.07, 6.45) is 1.06. The lowest BCUT2D eigenvalue weighted by Crippen LogP contribution is -2.49. The van der Waals surface area contributed by atoms with Crippen LogP contribution in [0.4, 0.5) is 10.1 Å². The lowest BCUT2D eigenvalue weighted by atomic mass is 9.95. The van der Waals surface area contributed by atoms with Gasteiger partial charge in [0.25, 0.3) is 5.69 Å². The first kappa shape index (κ1) is 17.5. The van der Waals surface area contributed by atoms with Crippen molar-refractivity contribution in [1.29, 1.82) is 0 Å². The molecule has 1 aromatic rings. The quantitative estimate of drug-likeness (QED) is 0.584. The van der Waals surface area contributed by atoms with Crippen molar-refractivity contribution in [3.8, 4) is 0 Å². The number of hydrogen-bond donors (Lipinski definition) is 2. The normalized spacial score (nSPS) is 12.4. The number of nitrogens with two attached hydrogens (primary N) is 1. The fraction of sp³-hybridized carbons (Fsp3) is 0.500. The fourth-order valence-corrected chi connectivity index (χ4v) is 2.86. The highest BCUT2D eigenvalue weighted by molar-refractivity contribution is 7.89. The molecule has 0 aliphatic rings. The largest absolute Gasteiger partial charge is 0.324 e. The van der Waals surface area contributed by atoms with Crippen LogP contribution in [-0.2, 0) is 10.0 Å². The molecule has 1 rings (SSSR count). The van der Waals surface area contributed by atoms with Crippen LogP contribution in [0.3, 0.4) is 0 Å². The third-order valence-corrected chi connectivity index (χ3v) is 4.85. The highest BCUT2D eigenvalue weighted by Crippen LogP contribution is 2.21. The SMILES string of the molecule is CCC(N)(CC)CNS(=O)(=O)c1cc([N+](=O)[O-])ccc1F. The van der Waals surface area contributed by atoms with E-state index in [4.69, 9.17) is 5.73 Å². The van der Waals surface area contributed by atoms with E-state index in [0.717, 1.165) is 12.1 Å². The molecule has 0 atom stereocenters. The highest BCUT2D eigenvalue weighted by Gasteiger charge is 2.27. The molecule has 3 N–H and O–H groups in total. The summed E-state index contributed by atoms with van der Waals surface area (Å²) in [6.45, 7) is 3.54. The Balaban J connectivity index is 3.08. The predicted molar refractivity (Wildman–Crippen MR) is 75.7 cm³/mol. The molecular weight excluding hydrogens is 301 g/mol. The molecule has 0 heterocycles. The second-order valence-corrected chi connectivity index (χ2v) is 6.50. The Morgan fingerprint density at radius 1 is 1.38 bits per heavy atom. The molecule has 0 aromatic heterocycles. The summed E-state index contributed by atoms with van der Waals surface area (Å²) in [5, 5.41) is 10.6. The first-order valence-corrected chi connectivity index (χ1v) is 7.86. The molecule has 7 nitrogen and oxygen atoms in total. The van der Waals surface area contributed by atoms with Gasteiger partial charge in [0.1, 0.15) is 10.7 Å². The van der Waals surface area contributed by atoms with Gasteiger partial charge in [0.2, 0.25) is 10.0 Å². The predicted octanol–water partition coefficient (Wildman–Crippen LogP) is 1.53. The van der Waals surface area contributed by atoms with E-state index in [9.17, 15) is 22.9 Å².